The average Bonchev–Trinajstić information content (AvgIpc) is 2.46. The molecule has 0 aliphatic rings. The maximum atomic E-state index is 11.1. The van der Waals surface area contributed by atoms with Crippen molar-refractivity contribution in [2.45, 2.75) is 84.7 Å². The van der Waals surface area contributed by atoms with Gasteiger partial charge in [-0.15, -0.1) is 0 Å². The van der Waals surface area contributed by atoms with Crippen molar-refractivity contribution >= 4 is 10.4 Å². The summed E-state index contributed by atoms with van der Waals surface area (Å²) in [4.78, 5) is 9.06. The summed E-state index contributed by atoms with van der Waals surface area (Å²) in [6.45, 7) is 5.68. The molecular weight excluding hydrogens is 296 g/mol. The number of rotatable bonds is 15. The van der Waals surface area contributed by atoms with Crippen molar-refractivity contribution in [2.24, 2.45) is 0 Å². The molecule has 0 saturated carbocycles. The molecule has 0 saturated heterocycles. The Balaban J connectivity index is 3.48. The zero-order chi connectivity index (χ0) is 16.0. The third kappa shape index (κ3) is 14.5. The van der Waals surface area contributed by atoms with Crippen molar-refractivity contribution in [1.29, 1.82) is 0 Å². The van der Waals surface area contributed by atoms with Gasteiger partial charge in [0.25, 0.3) is 0 Å². The van der Waals surface area contributed by atoms with Crippen molar-refractivity contribution < 1.29 is 26.9 Å². The first-order valence-electron chi connectivity index (χ1n) is 7.92. The molecule has 0 heterocycles. The number of hydrogen-bond acceptors (Lipinski definition) is 6. The van der Waals surface area contributed by atoms with E-state index >= 15 is 0 Å². The number of unbranched alkanes of at least 4 members (excludes halogenated alkanes) is 7. The Kier molecular flexibility index (Phi) is 13.3. The monoisotopic (exact) mass is 326 g/mol. The van der Waals surface area contributed by atoms with Gasteiger partial charge >= 0.3 is 10.4 Å². The van der Waals surface area contributed by atoms with Gasteiger partial charge in [0.2, 0.25) is 0 Å². The first kappa shape index (κ1) is 20.8. The maximum Gasteiger partial charge on any atom is 0.453 e. The quantitative estimate of drug-likeness (QED) is 0.257. The van der Waals surface area contributed by atoms with Crippen LogP contribution in [0.4, 0.5) is 0 Å². The molecule has 0 aliphatic heterocycles. The fourth-order valence-electron chi connectivity index (χ4n) is 1.85. The molecule has 128 valence electrons. The van der Waals surface area contributed by atoms with Gasteiger partial charge < -0.3 is 0 Å². The highest BCUT2D eigenvalue weighted by molar-refractivity contribution is 7.81. The molecule has 0 bridgehead atoms. The van der Waals surface area contributed by atoms with E-state index in [-0.39, 0.29) is 12.7 Å². The second kappa shape index (κ2) is 13.5. The second-order valence-electron chi connectivity index (χ2n) is 5.12. The van der Waals surface area contributed by atoms with Gasteiger partial charge in [0.15, 0.2) is 0 Å². The van der Waals surface area contributed by atoms with Crippen LogP contribution < -0.4 is 0 Å². The SMILES string of the molecule is CCCCCCCCCCC(C)OOS(=O)(=O)OOCC. The van der Waals surface area contributed by atoms with Gasteiger partial charge in [0.05, 0.1) is 12.7 Å². The van der Waals surface area contributed by atoms with E-state index in [1.54, 1.807) is 13.8 Å². The minimum Gasteiger partial charge on any atom is -0.218 e. The Morgan fingerprint density at radius 3 is 2.00 bits per heavy atom. The van der Waals surface area contributed by atoms with Crippen molar-refractivity contribution in [1.82, 2.24) is 0 Å². The van der Waals surface area contributed by atoms with E-state index in [1.807, 2.05) is 0 Å². The zero-order valence-corrected chi connectivity index (χ0v) is 14.3. The van der Waals surface area contributed by atoms with E-state index in [2.05, 4.69) is 20.5 Å². The van der Waals surface area contributed by atoms with Crippen LogP contribution in [0.1, 0.15) is 78.6 Å². The Morgan fingerprint density at radius 2 is 1.43 bits per heavy atom. The average molecular weight is 326 g/mol. The van der Waals surface area contributed by atoms with E-state index in [4.69, 9.17) is 4.89 Å². The van der Waals surface area contributed by atoms with Gasteiger partial charge in [0, 0.05) is 0 Å². The minimum absolute atomic E-state index is 0.108. The molecule has 21 heavy (non-hydrogen) atoms. The fourth-order valence-corrected chi connectivity index (χ4v) is 2.31. The smallest absolute Gasteiger partial charge is 0.218 e. The van der Waals surface area contributed by atoms with Crippen molar-refractivity contribution in [3.63, 3.8) is 0 Å². The van der Waals surface area contributed by atoms with Gasteiger partial charge in [-0.2, -0.15) is 8.42 Å². The summed E-state index contributed by atoms with van der Waals surface area (Å²) in [6.07, 6.45) is 10.3. The molecule has 0 aromatic carbocycles. The van der Waals surface area contributed by atoms with Gasteiger partial charge in [0.1, 0.15) is 0 Å². The summed E-state index contributed by atoms with van der Waals surface area (Å²) in [5.41, 5.74) is 0. The molecule has 0 spiro atoms. The summed E-state index contributed by atoms with van der Waals surface area (Å²) in [7, 11) is -4.23. The summed E-state index contributed by atoms with van der Waals surface area (Å²) in [6, 6.07) is 0. The Morgan fingerprint density at radius 1 is 0.857 bits per heavy atom. The molecule has 7 heteroatoms. The zero-order valence-electron chi connectivity index (χ0n) is 13.5. The van der Waals surface area contributed by atoms with Crippen molar-refractivity contribution in [2.75, 3.05) is 6.61 Å². The predicted octanol–water partition coefficient (Wildman–Crippen LogP) is 4.07. The van der Waals surface area contributed by atoms with Gasteiger partial charge in [-0.3, -0.25) is 0 Å². The molecule has 1 unspecified atom stereocenters. The fraction of sp³-hybridized carbons (Fsp3) is 1.00. The van der Waals surface area contributed by atoms with Crippen LogP contribution >= 0.6 is 0 Å². The third-order valence-electron chi connectivity index (χ3n) is 3.00. The van der Waals surface area contributed by atoms with E-state index in [9.17, 15) is 8.42 Å². The highest BCUT2D eigenvalue weighted by Crippen LogP contribution is 2.12. The molecule has 0 radical (unpaired) electrons. The summed E-state index contributed by atoms with van der Waals surface area (Å²) < 4.78 is 30.5. The van der Waals surface area contributed by atoms with Crippen LogP contribution in [-0.4, -0.2) is 21.1 Å². The third-order valence-corrected chi connectivity index (χ3v) is 3.51. The Bertz CT molecular complexity index is 317. The standard InChI is InChI=1S/C14H30O6S/c1-4-6-7-8-9-10-11-12-13-14(3)18-20-21(15,16)19-17-5-2/h14H,4-13H2,1-3H3. The summed E-state index contributed by atoms with van der Waals surface area (Å²) in [5.74, 6) is 0. The molecule has 0 rings (SSSR count). The van der Waals surface area contributed by atoms with Crippen LogP contribution in [0.15, 0.2) is 0 Å². The topological polar surface area (TPSA) is 71.1 Å². The van der Waals surface area contributed by atoms with Crippen LogP contribution in [0, 0.1) is 0 Å². The summed E-state index contributed by atoms with van der Waals surface area (Å²) in [5, 5.41) is 0. The van der Waals surface area contributed by atoms with Crippen LogP contribution in [-0.2, 0) is 28.8 Å². The Hall–Kier alpha value is -0.210. The van der Waals surface area contributed by atoms with Crippen LogP contribution in [0.2, 0.25) is 0 Å². The normalized spacial score (nSPS) is 13.5. The lowest BCUT2D eigenvalue weighted by atomic mass is 10.1. The molecular formula is C14H30O6S. The molecule has 0 aromatic heterocycles. The van der Waals surface area contributed by atoms with Gasteiger partial charge in [-0.05, 0) is 20.3 Å². The Labute approximate surface area is 129 Å². The molecule has 0 aromatic rings. The maximum absolute atomic E-state index is 11.1. The highest BCUT2D eigenvalue weighted by atomic mass is 32.3. The van der Waals surface area contributed by atoms with E-state index in [1.165, 1.54) is 38.5 Å². The van der Waals surface area contributed by atoms with E-state index in [0.717, 1.165) is 19.3 Å². The largest absolute Gasteiger partial charge is 0.453 e. The van der Waals surface area contributed by atoms with Gasteiger partial charge in [-0.25, -0.2) is 9.78 Å². The first-order chi connectivity index (χ1) is 10.0. The van der Waals surface area contributed by atoms with Crippen molar-refractivity contribution in [3.8, 4) is 0 Å². The van der Waals surface area contributed by atoms with Crippen LogP contribution in [0.3, 0.4) is 0 Å². The second-order valence-corrected chi connectivity index (χ2v) is 6.21. The van der Waals surface area contributed by atoms with Crippen LogP contribution in [0.5, 0.6) is 0 Å². The lowest BCUT2D eigenvalue weighted by Crippen LogP contribution is -2.16. The molecule has 6 nitrogen and oxygen atoms in total. The molecule has 0 aliphatic carbocycles. The minimum atomic E-state index is -4.23. The van der Waals surface area contributed by atoms with E-state index in [0.29, 0.717) is 0 Å². The summed E-state index contributed by atoms with van der Waals surface area (Å²) >= 11 is 0. The van der Waals surface area contributed by atoms with Gasteiger partial charge in [-0.1, -0.05) is 67.0 Å². The van der Waals surface area contributed by atoms with Crippen LogP contribution in [0.25, 0.3) is 0 Å². The predicted molar refractivity (Wildman–Crippen MR) is 80.5 cm³/mol. The number of hydrogen-bond donors (Lipinski definition) is 0. The molecule has 0 N–H and O–H groups in total. The van der Waals surface area contributed by atoms with Crippen molar-refractivity contribution in [3.05, 3.63) is 0 Å². The van der Waals surface area contributed by atoms with E-state index < -0.39 is 10.4 Å². The molecule has 0 amide bonds. The molecule has 0 fully saturated rings. The highest BCUT2D eigenvalue weighted by Gasteiger charge is 2.16. The molecule has 1 atom stereocenters. The lowest BCUT2D eigenvalue weighted by Gasteiger charge is -2.10. The lowest BCUT2D eigenvalue weighted by molar-refractivity contribution is -0.275. The first-order valence-corrected chi connectivity index (χ1v) is 9.26.